The van der Waals surface area contributed by atoms with Crippen LogP contribution in [0.4, 0.5) is 4.39 Å². The Hall–Kier alpha value is -0.930. The Morgan fingerprint density at radius 2 is 1.95 bits per heavy atom. The van der Waals surface area contributed by atoms with Gasteiger partial charge in [-0.05, 0) is 64.8 Å². The molecule has 1 aromatic rings. The summed E-state index contributed by atoms with van der Waals surface area (Å²) < 4.78 is 19.4. The maximum atomic E-state index is 13.7. The van der Waals surface area contributed by atoms with Crippen LogP contribution < -0.4 is 5.32 Å². The first kappa shape index (κ1) is 16.1. The number of hydrogen-bond acceptors (Lipinski definition) is 2. The summed E-state index contributed by atoms with van der Waals surface area (Å²) in [6.45, 7) is 7.75. The molecular formula is C16H26FNO. The van der Waals surface area contributed by atoms with E-state index in [0.717, 1.165) is 24.9 Å². The van der Waals surface area contributed by atoms with Gasteiger partial charge in [-0.3, -0.25) is 0 Å². The van der Waals surface area contributed by atoms with Crippen LogP contribution in [0.25, 0.3) is 0 Å². The number of hydrogen-bond donors (Lipinski definition) is 1. The lowest BCUT2D eigenvalue weighted by atomic mass is 9.96. The van der Waals surface area contributed by atoms with Crippen LogP contribution in [0.1, 0.15) is 32.8 Å². The summed E-state index contributed by atoms with van der Waals surface area (Å²) in [7, 11) is 1.93. The molecule has 3 heteroatoms. The van der Waals surface area contributed by atoms with Gasteiger partial charge in [0.25, 0.3) is 0 Å². The number of benzene rings is 1. The van der Waals surface area contributed by atoms with E-state index < -0.39 is 0 Å². The normalized spacial score (nSPS) is 13.5. The third-order valence-electron chi connectivity index (χ3n) is 3.02. The second-order valence-corrected chi connectivity index (χ2v) is 5.97. The molecule has 19 heavy (non-hydrogen) atoms. The zero-order valence-electron chi connectivity index (χ0n) is 12.5. The van der Waals surface area contributed by atoms with Crippen LogP contribution >= 0.6 is 0 Å². The van der Waals surface area contributed by atoms with Gasteiger partial charge in [-0.25, -0.2) is 4.39 Å². The summed E-state index contributed by atoms with van der Waals surface area (Å²) in [6.07, 6.45) is 1.69. The van der Waals surface area contributed by atoms with Crippen molar-refractivity contribution in [3.8, 4) is 0 Å². The Balaban J connectivity index is 2.51. The molecule has 1 unspecified atom stereocenters. The largest absolute Gasteiger partial charge is 0.376 e. The summed E-state index contributed by atoms with van der Waals surface area (Å²) in [5.41, 5.74) is 0.681. The first-order chi connectivity index (χ1) is 8.92. The molecule has 0 amide bonds. The minimum Gasteiger partial charge on any atom is -0.376 e. The SMILES string of the molecule is CNCC(CCOC(C)(C)C)Cc1ccccc1F. The molecule has 0 aliphatic rings. The van der Waals surface area contributed by atoms with Gasteiger partial charge in [-0.15, -0.1) is 0 Å². The van der Waals surface area contributed by atoms with Gasteiger partial charge in [-0.1, -0.05) is 18.2 Å². The minimum absolute atomic E-state index is 0.109. The van der Waals surface area contributed by atoms with Crippen LogP contribution in [0.5, 0.6) is 0 Å². The van der Waals surface area contributed by atoms with Crippen LogP contribution in [0.15, 0.2) is 24.3 Å². The Kier molecular flexibility index (Phi) is 6.46. The van der Waals surface area contributed by atoms with E-state index in [0.29, 0.717) is 12.5 Å². The molecule has 0 fully saturated rings. The quantitative estimate of drug-likeness (QED) is 0.817. The van der Waals surface area contributed by atoms with Gasteiger partial charge < -0.3 is 10.1 Å². The van der Waals surface area contributed by atoms with Crippen molar-refractivity contribution in [2.75, 3.05) is 20.2 Å². The van der Waals surface area contributed by atoms with Crippen LogP contribution in [0.2, 0.25) is 0 Å². The molecule has 108 valence electrons. The molecule has 0 spiro atoms. The number of ether oxygens (including phenoxy) is 1. The molecule has 2 nitrogen and oxygen atoms in total. The number of nitrogens with one attached hydrogen (secondary N) is 1. The van der Waals surface area contributed by atoms with Gasteiger partial charge in [0.15, 0.2) is 0 Å². The molecule has 0 heterocycles. The number of rotatable bonds is 7. The maximum Gasteiger partial charge on any atom is 0.126 e. The van der Waals surface area contributed by atoms with Crippen molar-refractivity contribution in [1.29, 1.82) is 0 Å². The fraction of sp³-hybridized carbons (Fsp3) is 0.625. The van der Waals surface area contributed by atoms with E-state index in [1.807, 2.05) is 19.2 Å². The highest BCUT2D eigenvalue weighted by molar-refractivity contribution is 5.17. The lowest BCUT2D eigenvalue weighted by molar-refractivity contribution is -0.00916. The number of halogens is 1. The van der Waals surface area contributed by atoms with E-state index in [-0.39, 0.29) is 11.4 Å². The van der Waals surface area contributed by atoms with E-state index in [9.17, 15) is 4.39 Å². The van der Waals surface area contributed by atoms with E-state index in [1.165, 1.54) is 6.07 Å². The summed E-state index contributed by atoms with van der Waals surface area (Å²) in [4.78, 5) is 0. The molecule has 1 N–H and O–H groups in total. The lowest BCUT2D eigenvalue weighted by Gasteiger charge is -2.22. The molecule has 0 radical (unpaired) electrons. The molecule has 0 aromatic heterocycles. The molecule has 1 atom stereocenters. The highest BCUT2D eigenvalue weighted by Crippen LogP contribution is 2.16. The Morgan fingerprint density at radius 1 is 1.26 bits per heavy atom. The monoisotopic (exact) mass is 267 g/mol. The summed E-state index contributed by atoms with van der Waals surface area (Å²) in [6, 6.07) is 7.01. The molecule has 0 aliphatic carbocycles. The molecule has 1 aromatic carbocycles. The molecule has 0 saturated heterocycles. The minimum atomic E-state index is -0.111. The van der Waals surface area contributed by atoms with Gasteiger partial charge in [0.2, 0.25) is 0 Å². The third kappa shape index (κ3) is 6.69. The van der Waals surface area contributed by atoms with Crippen LogP contribution in [-0.4, -0.2) is 25.8 Å². The maximum absolute atomic E-state index is 13.7. The van der Waals surface area contributed by atoms with Crippen molar-refractivity contribution in [1.82, 2.24) is 5.32 Å². The molecule has 1 rings (SSSR count). The average Bonchev–Trinajstić information content (AvgIpc) is 2.30. The van der Waals surface area contributed by atoms with Gasteiger partial charge in [0, 0.05) is 6.61 Å². The molecule has 0 bridgehead atoms. The van der Waals surface area contributed by atoms with E-state index in [4.69, 9.17) is 4.74 Å². The van der Waals surface area contributed by atoms with Gasteiger partial charge >= 0.3 is 0 Å². The lowest BCUT2D eigenvalue weighted by Crippen LogP contribution is -2.25. The first-order valence-corrected chi connectivity index (χ1v) is 6.94. The summed E-state index contributed by atoms with van der Waals surface area (Å²) in [5.74, 6) is 0.282. The standard InChI is InChI=1S/C16H26FNO/c1-16(2,3)19-10-9-13(12-18-4)11-14-7-5-6-8-15(14)17/h5-8,13,18H,9-12H2,1-4H3. The zero-order chi connectivity index (χ0) is 14.3. The van der Waals surface area contributed by atoms with Crippen molar-refractivity contribution in [2.24, 2.45) is 5.92 Å². The van der Waals surface area contributed by atoms with E-state index >= 15 is 0 Å². The highest BCUT2D eigenvalue weighted by atomic mass is 19.1. The summed E-state index contributed by atoms with van der Waals surface area (Å²) in [5, 5.41) is 3.18. The third-order valence-corrected chi connectivity index (χ3v) is 3.02. The van der Waals surface area contributed by atoms with Crippen molar-refractivity contribution in [3.05, 3.63) is 35.6 Å². The van der Waals surface area contributed by atoms with E-state index in [2.05, 4.69) is 26.1 Å². The molecule has 0 saturated carbocycles. The van der Waals surface area contributed by atoms with Gasteiger partial charge in [-0.2, -0.15) is 0 Å². The Labute approximate surface area is 116 Å². The van der Waals surface area contributed by atoms with Crippen molar-refractivity contribution in [3.63, 3.8) is 0 Å². The topological polar surface area (TPSA) is 21.3 Å². The van der Waals surface area contributed by atoms with Crippen LogP contribution in [0.3, 0.4) is 0 Å². The fourth-order valence-corrected chi connectivity index (χ4v) is 2.07. The Morgan fingerprint density at radius 3 is 2.53 bits per heavy atom. The molecule has 0 aliphatic heterocycles. The average molecular weight is 267 g/mol. The zero-order valence-corrected chi connectivity index (χ0v) is 12.5. The van der Waals surface area contributed by atoms with Crippen molar-refractivity contribution in [2.45, 2.75) is 39.2 Å². The van der Waals surface area contributed by atoms with E-state index in [1.54, 1.807) is 6.07 Å². The van der Waals surface area contributed by atoms with Crippen molar-refractivity contribution < 1.29 is 9.13 Å². The smallest absolute Gasteiger partial charge is 0.126 e. The van der Waals surface area contributed by atoms with Gasteiger partial charge in [0.1, 0.15) is 5.82 Å². The first-order valence-electron chi connectivity index (χ1n) is 6.94. The van der Waals surface area contributed by atoms with Crippen LogP contribution in [0, 0.1) is 11.7 Å². The second-order valence-electron chi connectivity index (χ2n) is 5.97. The second kappa shape index (κ2) is 7.61. The van der Waals surface area contributed by atoms with Crippen LogP contribution in [-0.2, 0) is 11.2 Å². The Bertz CT molecular complexity index is 373. The predicted molar refractivity (Wildman–Crippen MR) is 77.8 cm³/mol. The van der Waals surface area contributed by atoms with Gasteiger partial charge in [0.05, 0.1) is 5.60 Å². The predicted octanol–water partition coefficient (Wildman–Crippen LogP) is 3.41. The van der Waals surface area contributed by atoms with Crippen molar-refractivity contribution >= 4 is 0 Å². The fourth-order valence-electron chi connectivity index (χ4n) is 2.07. The highest BCUT2D eigenvalue weighted by Gasteiger charge is 2.14. The summed E-state index contributed by atoms with van der Waals surface area (Å²) >= 11 is 0. The molecular weight excluding hydrogens is 241 g/mol.